The minimum Gasteiger partial charge on any atom is -0.351 e. The van der Waals surface area contributed by atoms with E-state index in [1.807, 2.05) is 35.4 Å². The number of H-pyrrole nitrogens is 1. The molecule has 0 aliphatic rings. The van der Waals surface area contributed by atoms with Gasteiger partial charge in [-0.1, -0.05) is 17.7 Å². The van der Waals surface area contributed by atoms with Crippen LogP contribution in [0.4, 0.5) is 0 Å². The molecule has 0 saturated heterocycles. The Bertz CT molecular complexity index is 758. The Morgan fingerprint density at radius 1 is 1.29 bits per heavy atom. The molecule has 3 rings (SSSR count). The Balaban J connectivity index is 1.87. The number of carbonyl (C=O) groups excluding carboxylic acids is 1. The number of fused-ring (bicyclic) bond motifs is 1. The standard InChI is InChI=1S/C17H18N2OS/c1-3-19(11-14-5-4-8-21-14)17(20)16-10-13-9-12(2)6-7-15(13)18-16/h4-10,18H,3,11H2,1-2H3. The quantitative estimate of drug-likeness (QED) is 0.770. The highest BCUT2D eigenvalue weighted by atomic mass is 32.1. The third kappa shape index (κ3) is 2.85. The van der Waals surface area contributed by atoms with Gasteiger partial charge in [0.15, 0.2) is 0 Å². The maximum Gasteiger partial charge on any atom is 0.270 e. The second kappa shape index (κ2) is 5.74. The number of nitrogens with one attached hydrogen (secondary N) is 1. The van der Waals surface area contributed by atoms with Gasteiger partial charge < -0.3 is 9.88 Å². The number of aromatic nitrogens is 1. The number of aryl methyl sites for hydroxylation is 1. The SMILES string of the molecule is CCN(Cc1cccs1)C(=O)c1cc2cc(C)ccc2[nH]1. The van der Waals surface area contributed by atoms with Gasteiger partial charge in [0.05, 0.1) is 6.54 Å². The molecule has 108 valence electrons. The fourth-order valence-corrected chi connectivity index (χ4v) is 3.17. The van der Waals surface area contributed by atoms with Gasteiger partial charge in [0.25, 0.3) is 5.91 Å². The molecule has 1 aromatic carbocycles. The molecule has 0 atom stereocenters. The van der Waals surface area contributed by atoms with Crippen molar-refractivity contribution in [3.05, 3.63) is 57.9 Å². The average Bonchev–Trinajstić information content (AvgIpc) is 3.12. The molecule has 0 aliphatic carbocycles. The lowest BCUT2D eigenvalue weighted by Gasteiger charge is -2.19. The number of benzene rings is 1. The molecule has 0 saturated carbocycles. The number of amides is 1. The fourth-order valence-electron chi connectivity index (χ4n) is 2.46. The van der Waals surface area contributed by atoms with Crippen LogP contribution in [0.2, 0.25) is 0 Å². The van der Waals surface area contributed by atoms with E-state index in [0.29, 0.717) is 18.8 Å². The van der Waals surface area contributed by atoms with Crippen molar-refractivity contribution in [2.45, 2.75) is 20.4 Å². The molecular formula is C17H18N2OS. The Labute approximate surface area is 128 Å². The second-order valence-corrected chi connectivity index (χ2v) is 6.20. The van der Waals surface area contributed by atoms with Crippen LogP contribution in [0.15, 0.2) is 41.8 Å². The van der Waals surface area contributed by atoms with E-state index in [2.05, 4.69) is 30.1 Å². The molecule has 2 aromatic heterocycles. The number of aromatic amines is 1. The van der Waals surface area contributed by atoms with Gasteiger partial charge >= 0.3 is 0 Å². The number of nitrogens with zero attached hydrogens (tertiary/aromatic N) is 1. The summed E-state index contributed by atoms with van der Waals surface area (Å²) in [5.41, 5.74) is 2.87. The number of rotatable bonds is 4. The van der Waals surface area contributed by atoms with Gasteiger partial charge in [-0.2, -0.15) is 0 Å². The Morgan fingerprint density at radius 2 is 2.14 bits per heavy atom. The lowest BCUT2D eigenvalue weighted by molar-refractivity contribution is 0.0749. The smallest absolute Gasteiger partial charge is 0.270 e. The summed E-state index contributed by atoms with van der Waals surface area (Å²) in [6.07, 6.45) is 0. The van der Waals surface area contributed by atoms with Crippen molar-refractivity contribution in [3.8, 4) is 0 Å². The summed E-state index contributed by atoms with van der Waals surface area (Å²) in [5.74, 6) is 0.0553. The number of hydrogen-bond donors (Lipinski definition) is 1. The number of carbonyl (C=O) groups is 1. The molecule has 0 radical (unpaired) electrons. The van der Waals surface area contributed by atoms with Gasteiger partial charge in [0, 0.05) is 22.3 Å². The molecule has 3 nitrogen and oxygen atoms in total. The summed E-state index contributed by atoms with van der Waals surface area (Å²) in [6, 6.07) is 12.2. The molecule has 0 unspecified atom stereocenters. The first-order valence-corrected chi connectivity index (χ1v) is 7.96. The molecule has 0 bridgehead atoms. The minimum absolute atomic E-state index is 0.0553. The summed E-state index contributed by atoms with van der Waals surface area (Å²) in [7, 11) is 0. The first-order valence-electron chi connectivity index (χ1n) is 7.08. The Morgan fingerprint density at radius 3 is 2.86 bits per heavy atom. The summed E-state index contributed by atoms with van der Waals surface area (Å²) in [6.45, 7) is 5.44. The van der Waals surface area contributed by atoms with Crippen molar-refractivity contribution in [2.24, 2.45) is 0 Å². The number of thiophene rings is 1. The zero-order valence-corrected chi connectivity index (χ0v) is 13.0. The zero-order valence-electron chi connectivity index (χ0n) is 12.2. The van der Waals surface area contributed by atoms with Crippen molar-refractivity contribution in [2.75, 3.05) is 6.54 Å². The summed E-state index contributed by atoms with van der Waals surface area (Å²) in [5, 5.41) is 3.13. The molecule has 0 spiro atoms. The topological polar surface area (TPSA) is 36.1 Å². The third-order valence-electron chi connectivity index (χ3n) is 3.60. The highest BCUT2D eigenvalue weighted by Crippen LogP contribution is 2.19. The monoisotopic (exact) mass is 298 g/mol. The van der Waals surface area contributed by atoms with Crippen LogP contribution in [0, 0.1) is 6.92 Å². The molecule has 1 amide bonds. The van der Waals surface area contributed by atoms with Gasteiger partial charge in [0.2, 0.25) is 0 Å². The minimum atomic E-state index is 0.0553. The van der Waals surface area contributed by atoms with E-state index in [4.69, 9.17) is 0 Å². The van der Waals surface area contributed by atoms with E-state index in [0.717, 1.165) is 10.9 Å². The second-order valence-electron chi connectivity index (χ2n) is 5.17. The summed E-state index contributed by atoms with van der Waals surface area (Å²) >= 11 is 1.68. The maximum absolute atomic E-state index is 12.7. The predicted octanol–water partition coefficient (Wildman–Crippen LogP) is 4.20. The van der Waals surface area contributed by atoms with E-state index < -0.39 is 0 Å². The Hall–Kier alpha value is -2.07. The van der Waals surface area contributed by atoms with Crippen molar-refractivity contribution >= 4 is 28.1 Å². The van der Waals surface area contributed by atoms with E-state index >= 15 is 0 Å². The van der Waals surface area contributed by atoms with Crippen LogP contribution < -0.4 is 0 Å². The summed E-state index contributed by atoms with van der Waals surface area (Å²) < 4.78 is 0. The van der Waals surface area contributed by atoms with Gasteiger partial charge in [-0.15, -0.1) is 11.3 Å². The van der Waals surface area contributed by atoms with Crippen LogP contribution in [0.1, 0.15) is 27.9 Å². The van der Waals surface area contributed by atoms with E-state index in [1.165, 1.54) is 10.4 Å². The molecule has 2 heterocycles. The first-order chi connectivity index (χ1) is 10.2. The maximum atomic E-state index is 12.7. The molecule has 0 fully saturated rings. The van der Waals surface area contributed by atoms with Crippen LogP contribution in [0.25, 0.3) is 10.9 Å². The largest absolute Gasteiger partial charge is 0.351 e. The lowest BCUT2D eigenvalue weighted by atomic mass is 10.2. The van der Waals surface area contributed by atoms with Crippen LogP contribution >= 0.6 is 11.3 Å². The van der Waals surface area contributed by atoms with Crippen molar-refractivity contribution in [1.29, 1.82) is 0 Å². The summed E-state index contributed by atoms with van der Waals surface area (Å²) in [4.78, 5) is 19.0. The molecule has 21 heavy (non-hydrogen) atoms. The number of hydrogen-bond acceptors (Lipinski definition) is 2. The normalized spacial score (nSPS) is 11.0. The lowest BCUT2D eigenvalue weighted by Crippen LogP contribution is -2.30. The van der Waals surface area contributed by atoms with Crippen LogP contribution in [0.3, 0.4) is 0 Å². The first kappa shape index (κ1) is 13.9. The third-order valence-corrected chi connectivity index (χ3v) is 4.46. The van der Waals surface area contributed by atoms with E-state index in [1.54, 1.807) is 11.3 Å². The molecule has 4 heteroatoms. The molecular weight excluding hydrogens is 280 g/mol. The van der Waals surface area contributed by atoms with Crippen molar-refractivity contribution < 1.29 is 4.79 Å². The van der Waals surface area contributed by atoms with Crippen molar-refractivity contribution in [1.82, 2.24) is 9.88 Å². The van der Waals surface area contributed by atoms with Crippen LogP contribution in [0.5, 0.6) is 0 Å². The van der Waals surface area contributed by atoms with Gasteiger partial charge in [0.1, 0.15) is 5.69 Å². The van der Waals surface area contributed by atoms with E-state index in [9.17, 15) is 4.79 Å². The fraction of sp³-hybridized carbons (Fsp3) is 0.235. The highest BCUT2D eigenvalue weighted by molar-refractivity contribution is 7.09. The molecule has 3 aromatic rings. The molecule has 1 N–H and O–H groups in total. The Kier molecular flexibility index (Phi) is 3.80. The van der Waals surface area contributed by atoms with Gasteiger partial charge in [-0.25, -0.2) is 0 Å². The predicted molar refractivity (Wildman–Crippen MR) is 87.8 cm³/mol. The van der Waals surface area contributed by atoms with Gasteiger partial charge in [-0.3, -0.25) is 4.79 Å². The van der Waals surface area contributed by atoms with E-state index in [-0.39, 0.29) is 5.91 Å². The average molecular weight is 298 g/mol. The van der Waals surface area contributed by atoms with Crippen LogP contribution in [-0.4, -0.2) is 22.3 Å². The van der Waals surface area contributed by atoms with Crippen molar-refractivity contribution in [3.63, 3.8) is 0 Å². The highest BCUT2D eigenvalue weighted by Gasteiger charge is 2.17. The zero-order chi connectivity index (χ0) is 14.8. The molecule has 0 aliphatic heterocycles. The van der Waals surface area contributed by atoms with Gasteiger partial charge in [-0.05, 0) is 43.5 Å². The van der Waals surface area contributed by atoms with Crippen LogP contribution in [-0.2, 0) is 6.54 Å².